The van der Waals surface area contributed by atoms with Gasteiger partial charge in [-0.3, -0.25) is 4.79 Å². The van der Waals surface area contributed by atoms with Gasteiger partial charge in [0, 0.05) is 5.69 Å². The van der Waals surface area contributed by atoms with E-state index in [4.69, 9.17) is 0 Å². The Hall–Kier alpha value is -2.61. The summed E-state index contributed by atoms with van der Waals surface area (Å²) in [6.07, 6.45) is 0.383. The minimum Gasteiger partial charge on any atom is -0.326 e. The first-order valence-corrected chi connectivity index (χ1v) is 8.00. The van der Waals surface area contributed by atoms with Crippen molar-refractivity contribution in [3.05, 3.63) is 77.9 Å². The molecule has 3 rings (SSSR count). The van der Waals surface area contributed by atoms with Gasteiger partial charge in [0.25, 0.3) is 0 Å². The van der Waals surface area contributed by atoms with E-state index >= 15 is 0 Å². The monoisotopic (exact) mass is 303 g/mol. The lowest BCUT2D eigenvalue weighted by Crippen LogP contribution is -2.16. The van der Waals surface area contributed by atoms with E-state index < -0.39 is 0 Å². The second-order valence-corrected chi connectivity index (χ2v) is 6.11. The minimum absolute atomic E-state index is 0.0226. The summed E-state index contributed by atoms with van der Waals surface area (Å²) in [6.45, 7) is 4.27. The van der Waals surface area contributed by atoms with E-state index in [9.17, 15) is 4.79 Å². The Balaban J connectivity index is 1.82. The molecule has 0 saturated heterocycles. The zero-order valence-electron chi connectivity index (χ0n) is 13.5. The molecule has 0 aliphatic rings. The van der Waals surface area contributed by atoms with Crippen LogP contribution in [-0.2, 0) is 11.2 Å². The van der Waals surface area contributed by atoms with E-state index in [1.807, 2.05) is 42.5 Å². The number of carbonyl (C=O) groups excluding carboxylic acids is 1. The summed E-state index contributed by atoms with van der Waals surface area (Å²) in [5, 5.41) is 5.37. The molecule has 0 aliphatic heterocycles. The predicted molar refractivity (Wildman–Crippen MR) is 96.8 cm³/mol. The second-order valence-electron chi connectivity index (χ2n) is 6.11. The lowest BCUT2D eigenvalue weighted by molar-refractivity contribution is -0.115. The van der Waals surface area contributed by atoms with Crippen molar-refractivity contribution in [2.75, 3.05) is 5.32 Å². The van der Waals surface area contributed by atoms with Gasteiger partial charge in [0.15, 0.2) is 0 Å². The summed E-state index contributed by atoms with van der Waals surface area (Å²) < 4.78 is 0. The molecule has 3 aromatic rings. The third kappa shape index (κ3) is 3.42. The van der Waals surface area contributed by atoms with Crippen molar-refractivity contribution in [3.8, 4) is 0 Å². The fraction of sp³-hybridized carbons (Fsp3) is 0.190. The standard InChI is InChI=1S/C21H21NO/c1-15(2)18-11-5-6-13-20(18)22-21(23)14-17-10-7-9-16-8-3-4-12-19(16)17/h3-13,15H,14H2,1-2H3,(H,22,23). The quantitative estimate of drug-likeness (QED) is 0.710. The molecule has 0 fully saturated rings. The van der Waals surface area contributed by atoms with Crippen LogP contribution in [0.4, 0.5) is 5.69 Å². The summed E-state index contributed by atoms with van der Waals surface area (Å²) in [5.74, 6) is 0.401. The van der Waals surface area contributed by atoms with Crippen molar-refractivity contribution in [2.24, 2.45) is 0 Å². The number of anilines is 1. The molecular weight excluding hydrogens is 282 g/mol. The van der Waals surface area contributed by atoms with Crippen LogP contribution in [0, 0.1) is 0 Å². The molecule has 1 amide bonds. The number of hydrogen-bond donors (Lipinski definition) is 1. The summed E-state index contributed by atoms with van der Waals surface area (Å²) >= 11 is 0. The van der Waals surface area contributed by atoms with Crippen molar-refractivity contribution in [2.45, 2.75) is 26.2 Å². The molecule has 0 unspecified atom stereocenters. The van der Waals surface area contributed by atoms with Gasteiger partial charge in [0.2, 0.25) is 5.91 Å². The average molecular weight is 303 g/mol. The highest BCUT2D eigenvalue weighted by Crippen LogP contribution is 2.24. The van der Waals surface area contributed by atoms with Crippen LogP contribution < -0.4 is 5.32 Å². The van der Waals surface area contributed by atoms with E-state index in [2.05, 4.69) is 43.4 Å². The number of para-hydroxylation sites is 1. The first-order chi connectivity index (χ1) is 11.1. The van der Waals surface area contributed by atoms with Gasteiger partial charge in [-0.25, -0.2) is 0 Å². The first-order valence-electron chi connectivity index (χ1n) is 8.00. The van der Waals surface area contributed by atoms with Crippen LogP contribution in [0.1, 0.15) is 30.9 Å². The van der Waals surface area contributed by atoms with Gasteiger partial charge >= 0.3 is 0 Å². The van der Waals surface area contributed by atoms with Crippen molar-refractivity contribution < 1.29 is 4.79 Å². The number of carbonyl (C=O) groups is 1. The molecule has 23 heavy (non-hydrogen) atoms. The van der Waals surface area contributed by atoms with Gasteiger partial charge in [-0.1, -0.05) is 74.5 Å². The van der Waals surface area contributed by atoms with Crippen LogP contribution in [0.2, 0.25) is 0 Å². The smallest absolute Gasteiger partial charge is 0.228 e. The number of benzene rings is 3. The van der Waals surface area contributed by atoms with E-state index in [-0.39, 0.29) is 5.91 Å². The van der Waals surface area contributed by atoms with Crippen LogP contribution in [0.25, 0.3) is 10.8 Å². The van der Waals surface area contributed by atoms with Crippen molar-refractivity contribution in [3.63, 3.8) is 0 Å². The van der Waals surface area contributed by atoms with Crippen LogP contribution >= 0.6 is 0 Å². The van der Waals surface area contributed by atoms with Gasteiger partial charge in [-0.05, 0) is 33.9 Å². The average Bonchev–Trinajstić information content (AvgIpc) is 2.55. The molecule has 2 nitrogen and oxygen atoms in total. The summed E-state index contributed by atoms with van der Waals surface area (Å²) in [7, 11) is 0. The second kappa shape index (κ2) is 6.66. The molecule has 0 heterocycles. The number of hydrogen-bond acceptors (Lipinski definition) is 1. The fourth-order valence-electron chi connectivity index (χ4n) is 2.93. The van der Waals surface area contributed by atoms with Gasteiger partial charge < -0.3 is 5.32 Å². The molecule has 0 radical (unpaired) electrons. The minimum atomic E-state index is 0.0226. The molecule has 0 aliphatic carbocycles. The van der Waals surface area contributed by atoms with E-state index in [0.717, 1.165) is 16.6 Å². The summed E-state index contributed by atoms with van der Waals surface area (Å²) in [6, 6.07) is 22.3. The Morgan fingerprint density at radius 3 is 2.43 bits per heavy atom. The van der Waals surface area contributed by atoms with E-state index in [1.165, 1.54) is 10.9 Å². The van der Waals surface area contributed by atoms with Crippen molar-refractivity contribution in [1.29, 1.82) is 0 Å². The van der Waals surface area contributed by atoms with Gasteiger partial charge in [-0.2, -0.15) is 0 Å². The number of nitrogens with one attached hydrogen (secondary N) is 1. The van der Waals surface area contributed by atoms with Crippen molar-refractivity contribution in [1.82, 2.24) is 0 Å². The van der Waals surface area contributed by atoms with Gasteiger partial charge in [-0.15, -0.1) is 0 Å². The molecule has 0 atom stereocenters. The Kier molecular flexibility index (Phi) is 4.42. The Morgan fingerprint density at radius 1 is 0.913 bits per heavy atom. The van der Waals surface area contributed by atoms with Crippen molar-refractivity contribution >= 4 is 22.4 Å². The molecule has 2 heteroatoms. The molecule has 0 bridgehead atoms. The van der Waals surface area contributed by atoms with E-state index in [1.54, 1.807) is 0 Å². The zero-order valence-corrected chi connectivity index (χ0v) is 13.5. The number of fused-ring (bicyclic) bond motifs is 1. The highest BCUT2D eigenvalue weighted by molar-refractivity contribution is 5.96. The largest absolute Gasteiger partial charge is 0.326 e. The highest BCUT2D eigenvalue weighted by atomic mass is 16.1. The zero-order chi connectivity index (χ0) is 16.2. The highest BCUT2D eigenvalue weighted by Gasteiger charge is 2.11. The topological polar surface area (TPSA) is 29.1 Å². The fourth-order valence-corrected chi connectivity index (χ4v) is 2.93. The number of rotatable bonds is 4. The third-order valence-corrected chi connectivity index (χ3v) is 4.09. The lowest BCUT2D eigenvalue weighted by atomic mass is 10.00. The maximum Gasteiger partial charge on any atom is 0.228 e. The molecular formula is C21H21NO. The summed E-state index contributed by atoms with van der Waals surface area (Å²) in [4.78, 5) is 12.5. The first kappa shape index (κ1) is 15.3. The molecule has 0 aromatic heterocycles. The van der Waals surface area contributed by atoms with Gasteiger partial charge in [0.05, 0.1) is 6.42 Å². The SMILES string of the molecule is CC(C)c1ccccc1NC(=O)Cc1cccc2ccccc12. The van der Waals surface area contributed by atoms with Crippen LogP contribution in [0.15, 0.2) is 66.7 Å². The van der Waals surface area contributed by atoms with Crippen LogP contribution in [0.5, 0.6) is 0 Å². The molecule has 1 N–H and O–H groups in total. The van der Waals surface area contributed by atoms with Gasteiger partial charge in [0.1, 0.15) is 0 Å². The molecule has 0 spiro atoms. The maximum absolute atomic E-state index is 12.5. The summed E-state index contributed by atoms with van der Waals surface area (Å²) in [5.41, 5.74) is 3.13. The van der Waals surface area contributed by atoms with E-state index in [0.29, 0.717) is 12.3 Å². The third-order valence-electron chi connectivity index (χ3n) is 4.09. The predicted octanol–water partition coefficient (Wildman–Crippen LogP) is 5.14. The molecule has 3 aromatic carbocycles. The van der Waals surface area contributed by atoms with Crippen LogP contribution in [-0.4, -0.2) is 5.91 Å². The Morgan fingerprint density at radius 2 is 1.61 bits per heavy atom. The van der Waals surface area contributed by atoms with Crippen LogP contribution in [0.3, 0.4) is 0 Å². The molecule has 0 saturated carbocycles. The number of amides is 1. The normalized spacial score (nSPS) is 10.9. The molecule has 116 valence electrons. The maximum atomic E-state index is 12.5. The Bertz CT molecular complexity index is 831. The lowest BCUT2D eigenvalue weighted by Gasteiger charge is -2.14. The Labute approximate surface area is 137 Å².